The molecule has 0 radical (unpaired) electrons. The monoisotopic (exact) mass is 241 g/mol. The van der Waals surface area contributed by atoms with Crippen LogP contribution in [-0.2, 0) is 9.53 Å². The first-order valence-corrected chi connectivity index (χ1v) is 5.07. The van der Waals surface area contributed by atoms with Crippen LogP contribution < -0.4 is 10.9 Å². The Morgan fingerprint density at radius 3 is 2.94 bits per heavy atom. The van der Waals surface area contributed by atoms with Gasteiger partial charge in [-0.1, -0.05) is 0 Å². The summed E-state index contributed by atoms with van der Waals surface area (Å²) >= 11 is 0. The van der Waals surface area contributed by atoms with E-state index in [-0.39, 0.29) is 18.5 Å². The largest absolute Gasteiger partial charge is 0.481 e. The molecule has 1 heterocycles. The van der Waals surface area contributed by atoms with Gasteiger partial charge in [0.15, 0.2) is 0 Å². The van der Waals surface area contributed by atoms with Gasteiger partial charge in [0.05, 0.1) is 12.5 Å². The third-order valence-electron chi connectivity index (χ3n) is 2.11. The third-order valence-corrected chi connectivity index (χ3v) is 2.11. The molecule has 1 rings (SSSR count). The van der Waals surface area contributed by atoms with Crippen LogP contribution in [0.25, 0.3) is 0 Å². The predicted octanol–water partition coefficient (Wildman–Crippen LogP) is -0.0201. The van der Waals surface area contributed by atoms with E-state index in [4.69, 9.17) is 9.84 Å². The maximum Gasteiger partial charge on any atom is 0.306 e. The summed E-state index contributed by atoms with van der Waals surface area (Å²) in [5.74, 6) is -0.0420. The molecule has 1 unspecified atom stereocenters. The molecule has 1 aromatic rings. The number of carboxylic acid groups (broad SMARTS) is 1. The summed E-state index contributed by atoms with van der Waals surface area (Å²) in [4.78, 5) is 28.2. The zero-order valence-corrected chi connectivity index (χ0v) is 9.69. The van der Waals surface area contributed by atoms with Gasteiger partial charge in [-0.3, -0.25) is 9.59 Å². The molecule has 0 saturated carbocycles. The molecule has 0 aliphatic rings. The van der Waals surface area contributed by atoms with Crippen molar-refractivity contribution in [1.82, 2.24) is 9.97 Å². The minimum atomic E-state index is -0.936. The lowest BCUT2D eigenvalue weighted by atomic mass is 10.2. The van der Waals surface area contributed by atoms with E-state index in [1.165, 1.54) is 13.2 Å². The highest BCUT2D eigenvalue weighted by Crippen LogP contribution is 2.02. The lowest BCUT2D eigenvalue weighted by Crippen LogP contribution is -2.26. The van der Waals surface area contributed by atoms with Gasteiger partial charge in [-0.15, -0.1) is 0 Å². The SMILES string of the molecule is COC(CNc1cc(=O)[nH]c(C)n1)CC(=O)O. The Morgan fingerprint density at radius 1 is 1.71 bits per heavy atom. The number of aromatic nitrogens is 2. The van der Waals surface area contributed by atoms with E-state index >= 15 is 0 Å². The van der Waals surface area contributed by atoms with Gasteiger partial charge < -0.3 is 20.1 Å². The maximum atomic E-state index is 11.1. The molecule has 0 aliphatic carbocycles. The van der Waals surface area contributed by atoms with Crippen LogP contribution >= 0.6 is 0 Å². The van der Waals surface area contributed by atoms with E-state index in [1.807, 2.05) is 0 Å². The lowest BCUT2D eigenvalue weighted by molar-refractivity contribution is -0.139. The summed E-state index contributed by atoms with van der Waals surface area (Å²) in [6.45, 7) is 1.94. The fourth-order valence-electron chi connectivity index (χ4n) is 1.32. The van der Waals surface area contributed by atoms with Gasteiger partial charge in [-0.25, -0.2) is 4.98 Å². The number of rotatable bonds is 6. The number of anilines is 1. The van der Waals surface area contributed by atoms with Crippen LogP contribution in [0.1, 0.15) is 12.2 Å². The topological polar surface area (TPSA) is 104 Å². The third kappa shape index (κ3) is 4.64. The number of aliphatic carboxylic acids is 1. The highest BCUT2D eigenvalue weighted by atomic mass is 16.5. The van der Waals surface area contributed by atoms with Gasteiger partial charge >= 0.3 is 5.97 Å². The normalized spacial score (nSPS) is 12.1. The van der Waals surface area contributed by atoms with Crippen LogP contribution in [0.2, 0.25) is 0 Å². The molecule has 0 spiro atoms. The van der Waals surface area contributed by atoms with E-state index in [1.54, 1.807) is 6.92 Å². The highest BCUT2D eigenvalue weighted by Gasteiger charge is 2.12. The van der Waals surface area contributed by atoms with E-state index in [2.05, 4.69) is 15.3 Å². The molecule has 0 fully saturated rings. The number of hydrogen-bond acceptors (Lipinski definition) is 5. The van der Waals surface area contributed by atoms with E-state index in [0.29, 0.717) is 11.6 Å². The van der Waals surface area contributed by atoms with Gasteiger partial charge in [0.25, 0.3) is 5.56 Å². The molecule has 94 valence electrons. The number of aryl methyl sites for hydroxylation is 1. The van der Waals surface area contributed by atoms with E-state index in [9.17, 15) is 9.59 Å². The quantitative estimate of drug-likeness (QED) is 0.646. The molecule has 17 heavy (non-hydrogen) atoms. The first-order valence-electron chi connectivity index (χ1n) is 5.07. The minimum absolute atomic E-state index is 0.105. The smallest absolute Gasteiger partial charge is 0.306 e. The summed E-state index contributed by atoms with van der Waals surface area (Å²) in [6, 6.07) is 1.31. The summed E-state index contributed by atoms with van der Waals surface area (Å²) in [7, 11) is 1.44. The number of aromatic amines is 1. The predicted molar refractivity (Wildman–Crippen MR) is 61.1 cm³/mol. The molecule has 3 N–H and O–H groups in total. The average Bonchev–Trinajstić information content (AvgIpc) is 2.22. The van der Waals surface area contributed by atoms with Crippen LogP contribution in [0.4, 0.5) is 5.82 Å². The van der Waals surface area contributed by atoms with Crippen molar-refractivity contribution in [1.29, 1.82) is 0 Å². The molecule has 7 nitrogen and oxygen atoms in total. The second-order valence-corrected chi connectivity index (χ2v) is 3.55. The summed E-state index contributed by atoms with van der Waals surface area (Å²) in [5.41, 5.74) is -0.257. The Bertz CT molecular complexity index is 443. The number of nitrogens with one attached hydrogen (secondary N) is 2. The number of hydrogen-bond donors (Lipinski definition) is 3. The van der Waals surface area contributed by atoms with Crippen molar-refractivity contribution in [3.8, 4) is 0 Å². The first-order chi connectivity index (χ1) is 8.01. The van der Waals surface area contributed by atoms with Crippen molar-refractivity contribution in [3.05, 3.63) is 22.2 Å². The van der Waals surface area contributed by atoms with Crippen LogP contribution in [0.15, 0.2) is 10.9 Å². The Morgan fingerprint density at radius 2 is 2.41 bits per heavy atom. The van der Waals surface area contributed by atoms with Gasteiger partial charge in [-0.05, 0) is 6.92 Å². The highest BCUT2D eigenvalue weighted by molar-refractivity contribution is 5.67. The molecule has 0 aliphatic heterocycles. The summed E-state index contributed by atoms with van der Waals surface area (Å²) in [6.07, 6.45) is -0.569. The fourth-order valence-corrected chi connectivity index (χ4v) is 1.32. The van der Waals surface area contributed by atoms with Crippen molar-refractivity contribution in [2.24, 2.45) is 0 Å². The lowest BCUT2D eigenvalue weighted by Gasteiger charge is -2.14. The second-order valence-electron chi connectivity index (χ2n) is 3.55. The van der Waals surface area contributed by atoms with Crippen LogP contribution in [0.3, 0.4) is 0 Å². The number of carboxylic acids is 1. The number of methoxy groups -OCH3 is 1. The Hall–Kier alpha value is -1.89. The molecular formula is C10H15N3O4. The van der Waals surface area contributed by atoms with Crippen molar-refractivity contribution >= 4 is 11.8 Å². The second kappa shape index (κ2) is 6.00. The standard InChI is InChI=1S/C10H15N3O4/c1-6-12-8(4-9(14)13-6)11-5-7(17-2)3-10(15)16/h4,7H,3,5H2,1-2H3,(H,15,16)(H2,11,12,13,14). The van der Waals surface area contributed by atoms with E-state index < -0.39 is 12.1 Å². The van der Waals surface area contributed by atoms with Crippen LogP contribution in [0.5, 0.6) is 0 Å². The fraction of sp³-hybridized carbons (Fsp3) is 0.500. The Kier molecular flexibility index (Phi) is 4.65. The van der Waals surface area contributed by atoms with Crippen molar-refractivity contribution in [2.75, 3.05) is 19.0 Å². The Balaban J connectivity index is 2.59. The minimum Gasteiger partial charge on any atom is -0.481 e. The zero-order valence-electron chi connectivity index (χ0n) is 9.69. The number of ether oxygens (including phenoxy) is 1. The molecule has 1 aromatic heterocycles. The molecule has 0 aromatic carbocycles. The molecule has 1 atom stereocenters. The number of H-pyrrole nitrogens is 1. The van der Waals surface area contributed by atoms with Crippen molar-refractivity contribution < 1.29 is 14.6 Å². The summed E-state index contributed by atoms with van der Waals surface area (Å²) in [5, 5.41) is 11.5. The Labute approximate surface area is 97.8 Å². The zero-order chi connectivity index (χ0) is 12.8. The van der Waals surface area contributed by atoms with Crippen LogP contribution in [-0.4, -0.2) is 40.8 Å². The average molecular weight is 241 g/mol. The van der Waals surface area contributed by atoms with Gasteiger partial charge in [0.2, 0.25) is 0 Å². The first kappa shape index (κ1) is 13.2. The van der Waals surface area contributed by atoms with Crippen LogP contribution in [0, 0.1) is 6.92 Å². The summed E-state index contributed by atoms with van der Waals surface area (Å²) < 4.78 is 4.99. The number of nitrogens with zero attached hydrogens (tertiary/aromatic N) is 1. The van der Waals surface area contributed by atoms with Gasteiger partial charge in [0, 0.05) is 19.7 Å². The molecule has 7 heteroatoms. The molecule has 0 amide bonds. The molecule has 0 bridgehead atoms. The van der Waals surface area contributed by atoms with E-state index in [0.717, 1.165) is 0 Å². The van der Waals surface area contributed by atoms with Crippen molar-refractivity contribution in [3.63, 3.8) is 0 Å². The molecular weight excluding hydrogens is 226 g/mol. The maximum absolute atomic E-state index is 11.1. The van der Waals surface area contributed by atoms with Crippen molar-refractivity contribution in [2.45, 2.75) is 19.4 Å². The number of carbonyl (C=O) groups is 1. The van der Waals surface area contributed by atoms with Gasteiger partial charge in [-0.2, -0.15) is 0 Å². The molecule has 0 saturated heterocycles. The van der Waals surface area contributed by atoms with Gasteiger partial charge in [0.1, 0.15) is 11.6 Å².